The molecule has 3 unspecified atom stereocenters. The Balaban J connectivity index is 1.68. The number of carbonyl (C=O) groups is 2. The SMILES string of the molecule is Cc1ccccc1C1CC1C(=O)NC1(C(=O)O)CCOC1. The Morgan fingerprint density at radius 2 is 2.14 bits per heavy atom. The Morgan fingerprint density at radius 3 is 2.76 bits per heavy atom. The summed E-state index contributed by atoms with van der Waals surface area (Å²) in [5.41, 5.74) is 1.12. The van der Waals surface area contributed by atoms with E-state index in [1.54, 1.807) is 0 Å². The van der Waals surface area contributed by atoms with Gasteiger partial charge in [0.15, 0.2) is 5.54 Å². The topological polar surface area (TPSA) is 75.6 Å². The van der Waals surface area contributed by atoms with Gasteiger partial charge in [0, 0.05) is 18.9 Å². The summed E-state index contributed by atoms with van der Waals surface area (Å²) >= 11 is 0. The van der Waals surface area contributed by atoms with Gasteiger partial charge in [-0.05, 0) is 30.4 Å². The molecule has 1 aliphatic heterocycles. The molecule has 1 heterocycles. The molecular formula is C16H19NO4. The van der Waals surface area contributed by atoms with Crippen LogP contribution in [0.25, 0.3) is 0 Å². The van der Waals surface area contributed by atoms with Gasteiger partial charge in [-0.2, -0.15) is 0 Å². The first kappa shape index (κ1) is 14.1. The van der Waals surface area contributed by atoms with E-state index < -0.39 is 11.5 Å². The van der Waals surface area contributed by atoms with Crippen LogP contribution >= 0.6 is 0 Å². The Kier molecular flexibility index (Phi) is 3.45. The minimum atomic E-state index is -1.24. The minimum absolute atomic E-state index is 0.0514. The van der Waals surface area contributed by atoms with Crippen molar-refractivity contribution in [3.63, 3.8) is 0 Å². The van der Waals surface area contributed by atoms with Crippen molar-refractivity contribution in [3.8, 4) is 0 Å². The van der Waals surface area contributed by atoms with Gasteiger partial charge < -0.3 is 15.2 Å². The quantitative estimate of drug-likeness (QED) is 0.880. The van der Waals surface area contributed by atoms with Crippen molar-refractivity contribution in [2.75, 3.05) is 13.2 Å². The second-order valence-corrected chi connectivity index (χ2v) is 5.98. The Morgan fingerprint density at radius 1 is 1.38 bits per heavy atom. The fourth-order valence-electron chi connectivity index (χ4n) is 3.05. The van der Waals surface area contributed by atoms with Gasteiger partial charge in [0.05, 0.1) is 6.61 Å². The van der Waals surface area contributed by atoms with Gasteiger partial charge in [0.2, 0.25) is 5.91 Å². The van der Waals surface area contributed by atoms with Crippen LogP contribution in [0.15, 0.2) is 24.3 Å². The van der Waals surface area contributed by atoms with E-state index in [0.717, 1.165) is 6.42 Å². The normalized spacial score (nSPS) is 30.9. The number of hydrogen-bond acceptors (Lipinski definition) is 3. The molecule has 0 bridgehead atoms. The number of carbonyl (C=O) groups excluding carboxylic acids is 1. The third-order valence-corrected chi connectivity index (χ3v) is 4.51. The maximum Gasteiger partial charge on any atom is 0.331 e. The molecule has 0 aromatic heterocycles. The van der Waals surface area contributed by atoms with Crippen LogP contribution in [-0.4, -0.2) is 35.7 Å². The summed E-state index contributed by atoms with van der Waals surface area (Å²) in [6.07, 6.45) is 1.11. The molecular weight excluding hydrogens is 270 g/mol. The van der Waals surface area contributed by atoms with Gasteiger partial charge in [-0.1, -0.05) is 24.3 Å². The first-order valence-corrected chi connectivity index (χ1v) is 7.22. The molecule has 1 amide bonds. The van der Waals surface area contributed by atoms with Crippen LogP contribution in [0.1, 0.15) is 29.9 Å². The van der Waals surface area contributed by atoms with Crippen molar-refractivity contribution in [1.82, 2.24) is 5.32 Å². The Hall–Kier alpha value is -1.88. The zero-order chi connectivity index (χ0) is 15.0. The summed E-state index contributed by atoms with van der Waals surface area (Å²) in [4.78, 5) is 23.7. The maximum absolute atomic E-state index is 12.3. The molecule has 21 heavy (non-hydrogen) atoms. The zero-order valence-corrected chi connectivity index (χ0v) is 12.0. The summed E-state index contributed by atoms with van der Waals surface area (Å²) in [6.45, 7) is 2.46. The number of carboxylic acid groups (broad SMARTS) is 1. The molecule has 1 saturated carbocycles. The van der Waals surface area contributed by atoms with Gasteiger partial charge in [-0.15, -0.1) is 0 Å². The lowest BCUT2D eigenvalue weighted by molar-refractivity contribution is -0.147. The first-order valence-electron chi connectivity index (χ1n) is 7.22. The highest BCUT2D eigenvalue weighted by atomic mass is 16.5. The van der Waals surface area contributed by atoms with Crippen LogP contribution in [0.4, 0.5) is 0 Å². The van der Waals surface area contributed by atoms with E-state index in [1.807, 2.05) is 31.2 Å². The number of ether oxygens (including phenoxy) is 1. The zero-order valence-electron chi connectivity index (χ0n) is 12.0. The van der Waals surface area contributed by atoms with E-state index in [9.17, 15) is 14.7 Å². The molecule has 2 N–H and O–H groups in total. The molecule has 2 aliphatic rings. The molecule has 0 radical (unpaired) electrons. The van der Waals surface area contributed by atoms with Crippen molar-refractivity contribution in [2.45, 2.75) is 31.2 Å². The lowest BCUT2D eigenvalue weighted by Crippen LogP contribution is -2.55. The third-order valence-electron chi connectivity index (χ3n) is 4.51. The average molecular weight is 289 g/mol. The van der Waals surface area contributed by atoms with Crippen LogP contribution < -0.4 is 5.32 Å². The summed E-state index contributed by atoms with van der Waals surface area (Å²) < 4.78 is 5.16. The smallest absolute Gasteiger partial charge is 0.331 e. The van der Waals surface area contributed by atoms with E-state index in [4.69, 9.17) is 4.74 Å². The summed E-state index contributed by atoms with van der Waals surface area (Å²) in [5.74, 6) is -1.10. The summed E-state index contributed by atoms with van der Waals surface area (Å²) in [6, 6.07) is 8.02. The number of rotatable bonds is 4. The van der Waals surface area contributed by atoms with Gasteiger partial charge in [-0.25, -0.2) is 4.79 Å². The predicted molar refractivity (Wildman–Crippen MR) is 76.0 cm³/mol. The number of aryl methyl sites for hydroxylation is 1. The van der Waals surface area contributed by atoms with E-state index in [-0.39, 0.29) is 24.3 Å². The molecule has 1 aromatic rings. The van der Waals surface area contributed by atoms with E-state index in [2.05, 4.69) is 5.32 Å². The number of aliphatic carboxylic acids is 1. The van der Waals surface area contributed by atoms with E-state index in [0.29, 0.717) is 13.0 Å². The van der Waals surface area contributed by atoms with Crippen LogP contribution in [-0.2, 0) is 14.3 Å². The maximum atomic E-state index is 12.3. The largest absolute Gasteiger partial charge is 0.479 e. The second-order valence-electron chi connectivity index (χ2n) is 5.98. The Bertz CT molecular complexity index is 577. The van der Waals surface area contributed by atoms with Gasteiger partial charge in [-0.3, -0.25) is 4.79 Å². The molecule has 5 heteroatoms. The first-order chi connectivity index (χ1) is 10.0. The third kappa shape index (κ3) is 2.53. The minimum Gasteiger partial charge on any atom is -0.479 e. The highest BCUT2D eigenvalue weighted by Gasteiger charge is 2.50. The summed E-state index contributed by atoms with van der Waals surface area (Å²) in [7, 11) is 0. The van der Waals surface area contributed by atoms with Gasteiger partial charge >= 0.3 is 5.97 Å². The van der Waals surface area contributed by atoms with Crippen LogP contribution in [0.2, 0.25) is 0 Å². The van der Waals surface area contributed by atoms with Crippen molar-refractivity contribution >= 4 is 11.9 Å². The Labute approximate surface area is 123 Å². The number of nitrogens with one attached hydrogen (secondary N) is 1. The molecule has 5 nitrogen and oxygen atoms in total. The lowest BCUT2D eigenvalue weighted by atomic mass is 9.98. The fraction of sp³-hybridized carbons (Fsp3) is 0.500. The monoisotopic (exact) mass is 289 g/mol. The van der Waals surface area contributed by atoms with Gasteiger partial charge in [0.1, 0.15) is 0 Å². The van der Waals surface area contributed by atoms with Crippen molar-refractivity contribution in [2.24, 2.45) is 5.92 Å². The number of benzene rings is 1. The summed E-state index contributed by atoms with van der Waals surface area (Å²) in [5, 5.41) is 12.1. The molecule has 0 spiro atoms. The van der Waals surface area contributed by atoms with Crippen LogP contribution in [0.3, 0.4) is 0 Å². The average Bonchev–Trinajstić information content (AvgIpc) is 3.11. The molecule has 1 aromatic carbocycles. The number of carboxylic acids is 1. The predicted octanol–water partition coefficient (Wildman–Crippen LogP) is 1.46. The number of hydrogen-bond donors (Lipinski definition) is 2. The molecule has 2 fully saturated rings. The molecule has 1 aliphatic carbocycles. The standard InChI is InChI=1S/C16H19NO4/c1-10-4-2-3-5-11(10)12-8-13(12)14(18)17-16(15(19)20)6-7-21-9-16/h2-5,12-13H,6-9H2,1H3,(H,17,18)(H,19,20). The van der Waals surface area contributed by atoms with E-state index in [1.165, 1.54) is 11.1 Å². The van der Waals surface area contributed by atoms with E-state index >= 15 is 0 Å². The molecule has 1 saturated heterocycles. The highest BCUT2D eigenvalue weighted by Crippen LogP contribution is 2.48. The number of amides is 1. The molecule has 3 atom stereocenters. The highest BCUT2D eigenvalue weighted by molar-refractivity contribution is 5.90. The molecule has 112 valence electrons. The van der Waals surface area contributed by atoms with Crippen molar-refractivity contribution in [3.05, 3.63) is 35.4 Å². The van der Waals surface area contributed by atoms with Crippen molar-refractivity contribution < 1.29 is 19.4 Å². The fourth-order valence-corrected chi connectivity index (χ4v) is 3.05. The van der Waals surface area contributed by atoms with Crippen LogP contribution in [0.5, 0.6) is 0 Å². The molecule has 3 rings (SSSR count). The van der Waals surface area contributed by atoms with Crippen molar-refractivity contribution in [1.29, 1.82) is 0 Å². The lowest BCUT2D eigenvalue weighted by Gasteiger charge is -2.23. The second kappa shape index (κ2) is 5.15. The van der Waals surface area contributed by atoms with Gasteiger partial charge in [0.25, 0.3) is 0 Å². The van der Waals surface area contributed by atoms with Crippen LogP contribution in [0, 0.1) is 12.8 Å².